The second-order valence-electron chi connectivity index (χ2n) is 8.51. The van der Waals surface area contributed by atoms with Gasteiger partial charge < -0.3 is 10.4 Å². The first kappa shape index (κ1) is 24.9. The summed E-state index contributed by atoms with van der Waals surface area (Å²) in [7, 11) is -6.74. The molecule has 0 bridgehead atoms. The van der Waals surface area contributed by atoms with Crippen molar-refractivity contribution in [3.63, 3.8) is 0 Å². The topological polar surface area (TPSA) is 183 Å². The van der Waals surface area contributed by atoms with Gasteiger partial charge in [0.15, 0.2) is 5.84 Å². The van der Waals surface area contributed by atoms with Crippen LogP contribution in [0, 0.1) is 5.92 Å². The molecule has 35 heavy (non-hydrogen) atoms. The van der Waals surface area contributed by atoms with Gasteiger partial charge in [0.25, 0.3) is 15.8 Å². The van der Waals surface area contributed by atoms with Gasteiger partial charge in [-0.3, -0.25) is 22.8 Å². The third-order valence-electron chi connectivity index (χ3n) is 5.64. The van der Waals surface area contributed by atoms with Crippen molar-refractivity contribution < 1.29 is 22.6 Å². The van der Waals surface area contributed by atoms with Gasteiger partial charge in [-0.2, -0.15) is 8.42 Å². The lowest BCUT2D eigenvalue weighted by atomic mass is 10.1. The van der Waals surface area contributed by atoms with E-state index in [0.717, 1.165) is 4.31 Å². The van der Waals surface area contributed by atoms with Crippen LogP contribution in [0.25, 0.3) is 11.0 Å². The van der Waals surface area contributed by atoms with Gasteiger partial charge in [0.2, 0.25) is 0 Å². The predicted octanol–water partition coefficient (Wildman–Crippen LogP) is 2.68. The van der Waals surface area contributed by atoms with E-state index in [0.29, 0.717) is 29.9 Å². The van der Waals surface area contributed by atoms with Crippen LogP contribution < -0.4 is 20.3 Å². The van der Waals surface area contributed by atoms with E-state index in [-0.39, 0.29) is 27.7 Å². The minimum absolute atomic E-state index is 0.0855. The normalized spacial score (nSPS) is 15.9. The third kappa shape index (κ3) is 4.58. The highest BCUT2D eigenvalue weighted by Crippen LogP contribution is 2.56. The van der Waals surface area contributed by atoms with Gasteiger partial charge in [-0.05, 0) is 42.7 Å². The van der Waals surface area contributed by atoms with E-state index < -0.39 is 32.3 Å². The van der Waals surface area contributed by atoms with Crippen molar-refractivity contribution in [1.82, 2.24) is 9.55 Å². The molecule has 4 rings (SSSR count). The van der Waals surface area contributed by atoms with E-state index in [9.17, 15) is 27.4 Å². The first-order valence-corrected chi connectivity index (χ1v) is 13.6. The van der Waals surface area contributed by atoms with Crippen LogP contribution in [0.15, 0.2) is 50.6 Å². The number of anilines is 2. The average Bonchev–Trinajstić information content (AvgIpc) is 2.77. The summed E-state index contributed by atoms with van der Waals surface area (Å²) in [5.74, 6) is -0.322. The Balaban J connectivity index is 1.88. The maximum Gasteiger partial charge on any atom is 0.298 e. The third-order valence-corrected chi connectivity index (χ3v) is 7.98. The quantitative estimate of drug-likeness (QED) is 0.327. The molecule has 14 heteroatoms. The lowest BCUT2D eigenvalue weighted by Gasteiger charge is -2.35. The fourth-order valence-electron chi connectivity index (χ4n) is 3.69. The number of amidine groups is 1. The van der Waals surface area contributed by atoms with Crippen LogP contribution in [0.1, 0.15) is 25.8 Å². The van der Waals surface area contributed by atoms with Gasteiger partial charge >= 0.3 is 0 Å². The van der Waals surface area contributed by atoms with E-state index in [1.165, 1.54) is 36.0 Å². The van der Waals surface area contributed by atoms with Crippen LogP contribution in [0.3, 0.4) is 0 Å². The monoisotopic (exact) mass is 522 g/mol. The Morgan fingerprint density at radius 1 is 1.26 bits per heavy atom. The fourth-order valence-corrected chi connectivity index (χ4v) is 5.28. The van der Waals surface area contributed by atoms with Crippen LogP contribution >= 0.6 is 10.8 Å². The molecule has 188 valence electrons. The SMILES string of the molecule is CC(C)CCn1c(=O)c(C2=NS(O)(O)c3cc(N(C)S(N)(=O)=O)ccc3N2)c(O)c2cccnc21. The van der Waals surface area contributed by atoms with E-state index in [2.05, 4.69) is 14.7 Å². The molecule has 1 aliphatic rings. The minimum atomic E-state index is -4.08. The molecule has 1 aliphatic heterocycles. The molecule has 2 aromatic heterocycles. The Bertz CT molecular complexity index is 1520. The minimum Gasteiger partial charge on any atom is -0.506 e. The molecule has 0 atom stereocenters. The molecule has 0 spiro atoms. The molecule has 12 nitrogen and oxygen atoms in total. The summed E-state index contributed by atoms with van der Waals surface area (Å²) in [6.07, 6.45) is 2.19. The fraction of sp³-hybridized carbons (Fsp3) is 0.286. The Morgan fingerprint density at radius 3 is 2.63 bits per heavy atom. The van der Waals surface area contributed by atoms with Gasteiger partial charge in [-0.1, -0.05) is 24.6 Å². The van der Waals surface area contributed by atoms with Crippen LogP contribution in [-0.2, 0) is 16.8 Å². The molecule has 1 aromatic carbocycles. The highest BCUT2D eigenvalue weighted by atomic mass is 32.3. The molecule has 0 fully saturated rings. The summed E-state index contributed by atoms with van der Waals surface area (Å²) in [5, 5.41) is 19.3. The molecule has 0 saturated carbocycles. The second-order valence-corrected chi connectivity index (χ2v) is 11.8. The summed E-state index contributed by atoms with van der Waals surface area (Å²) in [6.45, 7) is 4.37. The first-order valence-electron chi connectivity index (χ1n) is 10.6. The highest BCUT2D eigenvalue weighted by Gasteiger charge is 2.31. The van der Waals surface area contributed by atoms with E-state index in [1.54, 1.807) is 12.1 Å². The predicted molar refractivity (Wildman–Crippen MR) is 136 cm³/mol. The summed E-state index contributed by atoms with van der Waals surface area (Å²) >= 11 is 0. The first-order chi connectivity index (χ1) is 16.3. The molecular formula is C21H26N6O6S2. The number of nitrogens with zero attached hydrogens (tertiary/aromatic N) is 4. The van der Waals surface area contributed by atoms with Gasteiger partial charge in [-0.25, -0.2) is 10.1 Å². The molecule has 0 saturated heterocycles. The van der Waals surface area contributed by atoms with Crippen LogP contribution in [-0.4, -0.2) is 45.1 Å². The van der Waals surface area contributed by atoms with E-state index in [1.807, 2.05) is 13.8 Å². The van der Waals surface area contributed by atoms with Crippen molar-refractivity contribution in [2.75, 3.05) is 16.7 Å². The van der Waals surface area contributed by atoms with Gasteiger partial charge in [0.05, 0.1) is 16.8 Å². The largest absolute Gasteiger partial charge is 0.506 e. The number of aryl methyl sites for hydroxylation is 1. The van der Waals surface area contributed by atoms with E-state index in [4.69, 9.17) is 5.14 Å². The lowest BCUT2D eigenvalue weighted by molar-refractivity contribution is 0.473. The summed E-state index contributed by atoms with van der Waals surface area (Å²) in [5.41, 5.74) is -0.253. The zero-order valence-electron chi connectivity index (χ0n) is 19.2. The van der Waals surface area contributed by atoms with Crippen molar-refractivity contribution >= 4 is 49.2 Å². The number of nitrogens with two attached hydrogens (primary N) is 1. The Morgan fingerprint density at radius 2 is 1.97 bits per heavy atom. The molecule has 0 radical (unpaired) electrons. The molecule has 6 N–H and O–H groups in total. The Hall–Kier alpha value is -3.17. The maximum atomic E-state index is 13.5. The standard InChI is InChI=1S/C21H26N6O6S2/c1-12(2)8-10-27-20-14(5-4-9-23-20)18(28)17(21(27)29)19-24-15-7-6-13(26(3)35(22,32)33)11-16(15)34(30,31)25-19/h4-7,9,11-12,28,30-31H,8,10H2,1-3H3,(H,24,25)(H2,22,32,33). The molecule has 3 heterocycles. The lowest BCUT2D eigenvalue weighted by Crippen LogP contribution is -2.34. The molecular weight excluding hydrogens is 496 g/mol. The number of pyridine rings is 2. The summed E-state index contributed by atoms with van der Waals surface area (Å²) in [6, 6.07) is 7.27. The summed E-state index contributed by atoms with van der Waals surface area (Å²) in [4.78, 5) is 17.7. The summed E-state index contributed by atoms with van der Waals surface area (Å²) < 4.78 is 51.2. The number of hydrogen-bond donors (Lipinski definition) is 5. The number of aromatic nitrogens is 2. The zero-order chi connectivity index (χ0) is 25.7. The van der Waals surface area contributed by atoms with Crippen LogP contribution in [0.4, 0.5) is 11.4 Å². The van der Waals surface area contributed by atoms with Gasteiger partial charge in [-0.15, -0.1) is 4.40 Å². The molecule has 0 aliphatic carbocycles. The second kappa shape index (κ2) is 8.80. The number of benzene rings is 1. The average molecular weight is 523 g/mol. The number of hydrogen-bond acceptors (Lipinski definition) is 9. The van der Waals surface area contributed by atoms with Crippen LogP contribution in [0.2, 0.25) is 0 Å². The number of nitrogens with one attached hydrogen (secondary N) is 1. The Labute approximate surface area is 203 Å². The zero-order valence-corrected chi connectivity index (χ0v) is 20.8. The van der Waals surface area contributed by atoms with Gasteiger partial charge in [0.1, 0.15) is 21.9 Å². The van der Waals surface area contributed by atoms with Gasteiger partial charge in [0, 0.05) is 19.8 Å². The molecule has 0 unspecified atom stereocenters. The molecule has 0 amide bonds. The van der Waals surface area contributed by atoms with Crippen molar-refractivity contribution in [3.8, 4) is 5.75 Å². The van der Waals surface area contributed by atoms with Crippen molar-refractivity contribution in [2.24, 2.45) is 15.5 Å². The van der Waals surface area contributed by atoms with Crippen molar-refractivity contribution in [3.05, 3.63) is 52.4 Å². The van der Waals surface area contributed by atoms with Crippen molar-refractivity contribution in [1.29, 1.82) is 0 Å². The molecule has 3 aromatic rings. The Kier molecular flexibility index (Phi) is 6.27. The number of aromatic hydroxyl groups is 1. The highest BCUT2D eigenvalue weighted by molar-refractivity contribution is 8.23. The number of rotatable bonds is 6. The van der Waals surface area contributed by atoms with E-state index >= 15 is 0 Å². The van der Waals surface area contributed by atoms with Crippen LogP contribution in [0.5, 0.6) is 5.75 Å². The maximum absolute atomic E-state index is 13.5. The number of fused-ring (bicyclic) bond motifs is 2. The van der Waals surface area contributed by atoms with Crippen molar-refractivity contribution in [2.45, 2.75) is 31.7 Å². The smallest absolute Gasteiger partial charge is 0.298 e.